The Hall–Kier alpha value is -2.03. The van der Waals surface area contributed by atoms with E-state index in [0.29, 0.717) is 11.3 Å². The average molecular weight is 244 g/mol. The van der Waals surface area contributed by atoms with Crippen LogP contribution in [0.4, 0.5) is 0 Å². The van der Waals surface area contributed by atoms with Crippen LogP contribution in [0.15, 0.2) is 45.6 Å². The summed E-state index contributed by atoms with van der Waals surface area (Å²) < 4.78 is 5.08. The summed E-state index contributed by atoms with van der Waals surface area (Å²) in [7, 11) is 0. The maximum Gasteiger partial charge on any atom is 0.343 e. The van der Waals surface area contributed by atoms with Crippen molar-refractivity contribution in [2.24, 2.45) is 0 Å². The molecule has 1 heterocycles. The third kappa shape index (κ3) is 2.30. The Morgan fingerprint density at radius 1 is 1.28 bits per heavy atom. The second kappa shape index (κ2) is 5.08. The van der Waals surface area contributed by atoms with Crippen molar-refractivity contribution in [3.63, 3.8) is 0 Å². The fraction of sp³-hybridized carbons (Fsp3) is 0.267. The summed E-state index contributed by atoms with van der Waals surface area (Å²) in [5.41, 5.74) is 0.893. The van der Waals surface area contributed by atoms with E-state index in [4.69, 9.17) is 4.42 Å². The first kappa shape index (κ1) is 12.4. The van der Waals surface area contributed by atoms with Crippen LogP contribution in [0.25, 0.3) is 0 Å². The van der Waals surface area contributed by atoms with Crippen LogP contribution in [0.2, 0.25) is 0 Å². The number of hydrogen-bond acceptors (Lipinski definition) is 3. The molecule has 94 valence electrons. The molecule has 1 atom stereocenters. The minimum atomic E-state index is -0.455. The van der Waals surface area contributed by atoms with Crippen LogP contribution >= 0.6 is 0 Å². The van der Waals surface area contributed by atoms with Gasteiger partial charge in [0.05, 0.1) is 5.56 Å². The standard InChI is InChI=1S/C15H16O3/c1-3-12(11-7-5-4-6-8-11)14-13(16)9-10(2)18-15(14)17/h4-9,12,16H,3H2,1-2H3. The zero-order valence-corrected chi connectivity index (χ0v) is 10.5. The van der Waals surface area contributed by atoms with Gasteiger partial charge in [0.2, 0.25) is 0 Å². The van der Waals surface area contributed by atoms with E-state index in [1.165, 1.54) is 6.07 Å². The van der Waals surface area contributed by atoms with Crippen LogP contribution in [-0.2, 0) is 0 Å². The van der Waals surface area contributed by atoms with E-state index in [2.05, 4.69) is 0 Å². The van der Waals surface area contributed by atoms with Crippen molar-refractivity contribution in [3.8, 4) is 5.75 Å². The second-order valence-corrected chi connectivity index (χ2v) is 4.31. The monoisotopic (exact) mass is 244 g/mol. The van der Waals surface area contributed by atoms with E-state index in [-0.39, 0.29) is 11.7 Å². The molecule has 3 heteroatoms. The smallest absolute Gasteiger partial charge is 0.343 e. The minimum absolute atomic E-state index is 0.0134. The third-order valence-corrected chi connectivity index (χ3v) is 3.05. The molecule has 1 aromatic heterocycles. The molecule has 3 nitrogen and oxygen atoms in total. The van der Waals surface area contributed by atoms with Gasteiger partial charge in [0.15, 0.2) is 0 Å². The topological polar surface area (TPSA) is 50.4 Å². The predicted molar refractivity (Wildman–Crippen MR) is 70.0 cm³/mol. The van der Waals surface area contributed by atoms with Crippen molar-refractivity contribution < 1.29 is 9.52 Å². The van der Waals surface area contributed by atoms with Crippen LogP contribution in [0.1, 0.15) is 36.1 Å². The van der Waals surface area contributed by atoms with Gasteiger partial charge in [-0.1, -0.05) is 37.3 Å². The number of aromatic hydroxyl groups is 1. The molecule has 0 aliphatic rings. The lowest BCUT2D eigenvalue weighted by molar-refractivity contribution is 0.416. The van der Waals surface area contributed by atoms with Crippen LogP contribution < -0.4 is 5.63 Å². The highest BCUT2D eigenvalue weighted by Gasteiger charge is 2.21. The molecule has 18 heavy (non-hydrogen) atoms. The Morgan fingerprint density at radius 2 is 1.94 bits per heavy atom. The summed E-state index contributed by atoms with van der Waals surface area (Å²) >= 11 is 0. The lowest BCUT2D eigenvalue weighted by atomic mass is 9.89. The summed E-state index contributed by atoms with van der Waals surface area (Å²) in [5, 5.41) is 9.98. The molecule has 0 aliphatic carbocycles. The van der Waals surface area contributed by atoms with E-state index in [9.17, 15) is 9.90 Å². The van der Waals surface area contributed by atoms with Crippen molar-refractivity contribution in [3.05, 3.63) is 63.7 Å². The van der Waals surface area contributed by atoms with E-state index < -0.39 is 5.63 Å². The normalized spacial score (nSPS) is 12.3. The maximum atomic E-state index is 11.9. The van der Waals surface area contributed by atoms with Gasteiger partial charge in [0.1, 0.15) is 11.5 Å². The van der Waals surface area contributed by atoms with Crippen molar-refractivity contribution in [2.45, 2.75) is 26.2 Å². The molecule has 0 amide bonds. The molecular formula is C15H16O3. The van der Waals surface area contributed by atoms with E-state index >= 15 is 0 Å². The molecule has 1 N–H and O–H groups in total. The van der Waals surface area contributed by atoms with Gasteiger partial charge in [0.25, 0.3) is 0 Å². The van der Waals surface area contributed by atoms with Gasteiger partial charge in [0, 0.05) is 12.0 Å². The van der Waals surface area contributed by atoms with Crippen LogP contribution in [0, 0.1) is 6.92 Å². The zero-order chi connectivity index (χ0) is 13.1. The van der Waals surface area contributed by atoms with Gasteiger partial charge in [-0.05, 0) is 18.9 Å². The zero-order valence-electron chi connectivity index (χ0n) is 10.5. The third-order valence-electron chi connectivity index (χ3n) is 3.05. The maximum absolute atomic E-state index is 11.9. The highest BCUT2D eigenvalue weighted by atomic mass is 16.4. The highest BCUT2D eigenvalue weighted by molar-refractivity contribution is 5.39. The number of benzene rings is 1. The molecule has 2 aromatic rings. The van der Waals surface area contributed by atoms with Crippen LogP contribution in [0.3, 0.4) is 0 Å². The highest BCUT2D eigenvalue weighted by Crippen LogP contribution is 2.31. The van der Waals surface area contributed by atoms with Gasteiger partial charge in [-0.3, -0.25) is 0 Å². The molecule has 0 fully saturated rings. The molecule has 0 aliphatic heterocycles. The Bertz CT molecular complexity index is 584. The summed E-state index contributed by atoms with van der Waals surface area (Å²) in [4.78, 5) is 11.9. The molecule has 0 bridgehead atoms. The molecule has 0 saturated carbocycles. The summed E-state index contributed by atoms with van der Waals surface area (Å²) in [6.07, 6.45) is 0.728. The predicted octanol–water partition coefficient (Wildman–Crippen LogP) is 3.20. The number of hydrogen-bond donors (Lipinski definition) is 1. The number of aryl methyl sites for hydroxylation is 1. The largest absolute Gasteiger partial charge is 0.507 e. The molecule has 1 aromatic carbocycles. The Morgan fingerprint density at radius 3 is 2.50 bits per heavy atom. The minimum Gasteiger partial charge on any atom is -0.507 e. The van der Waals surface area contributed by atoms with Crippen LogP contribution in [-0.4, -0.2) is 5.11 Å². The van der Waals surface area contributed by atoms with Gasteiger partial charge < -0.3 is 9.52 Å². The summed E-state index contributed by atoms with van der Waals surface area (Å²) in [5.74, 6) is 0.298. The molecular weight excluding hydrogens is 228 g/mol. The van der Waals surface area contributed by atoms with Crippen molar-refractivity contribution >= 4 is 0 Å². The average Bonchev–Trinajstić information content (AvgIpc) is 2.34. The molecule has 0 spiro atoms. The van der Waals surface area contributed by atoms with Crippen molar-refractivity contribution in [1.82, 2.24) is 0 Å². The Balaban J connectivity index is 2.56. The van der Waals surface area contributed by atoms with Crippen LogP contribution in [0.5, 0.6) is 5.75 Å². The molecule has 0 saturated heterocycles. The summed E-state index contributed by atoms with van der Waals surface area (Å²) in [6.45, 7) is 3.63. The lowest BCUT2D eigenvalue weighted by Crippen LogP contribution is -2.14. The van der Waals surface area contributed by atoms with E-state index in [0.717, 1.165) is 12.0 Å². The van der Waals surface area contributed by atoms with Crippen molar-refractivity contribution in [2.75, 3.05) is 0 Å². The van der Waals surface area contributed by atoms with Gasteiger partial charge in [-0.15, -0.1) is 0 Å². The first-order valence-electron chi connectivity index (χ1n) is 6.02. The van der Waals surface area contributed by atoms with E-state index in [1.807, 2.05) is 37.3 Å². The Kier molecular flexibility index (Phi) is 3.51. The van der Waals surface area contributed by atoms with Crippen molar-refractivity contribution in [1.29, 1.82) is 0 Å². The molecule has 2 rings (SSSR count). The second-order valence-electron chi connectivity index (χ2n) is 4.31. The Labute approximate surface area is 106 Å². The first-order chi connectivity index (χ1) is 8.63. The van der Waals surface area contributed by atoms with Gasteiger partial charge >= 0.3 is 5.63 Å². The van der Waals surface area contributed by atoms with E-state index in [1.54, 1.807) is 6.92 Å². The fourth-order valence-corrected chi connectivity index (χ4v) is 2.22. The SMILES string of the molecule is CCC(c1ccccc1)c1c(O)cc(C)oc1=O. The molecule has 1 unspecified atom stereocenters. The van der Waals surface area contributed by atoms with Gasteiger partial charge in [-0.25, -0.2) is 4.79 Å². The van der Waals surface area contributed by atoms with Gasteiger partial charge in [-0.2, -0.15) is 0 Å². The number of rotatable bonds is 3. The summed E-state index contributed by atoms with van der Waals surface area (Å²) in [6, 6.07) is 11.2. The first-order valence-corrected chi connectivity index (χ1v) is 6.02. The lowest BCUT2D eigenvalue weighted by Gasteiger charge is -2.15. The quantitative estimate of drug-likeness (QED) is 0.902. The fourth-order valence-electron chi connectivity index (χ4n) is 2.22. The molecule has 0 radical (unpaired) electrons.